The monoisotopic (exact) mass is 536 g/mol. The summed E-state index contributed by atoms with van der Waals surface area (Å²) in [7, 11) is 0. The van der Waals surface area contributed by atoms with Crippen molar-refractivity contribution in [2.24, 2.45) is 35.5 Å². The van der Waals surface area contributed by atoms with Crippen molar-refractivity contribution in [3.05, 3.63) is 0 Å². The zero-order valence-corrected chi connectivity index (χ0v) is 26.2. The van der Waals surface area contributed by atoms with Gasteiger partial charge in [-0.15, -0.1) is 0 Å². The third-order valence-corrected chi connectivity index (χ3v) is 8.54. The highest BCUT2D eigenvalue weighted by Gasteiger charge is 2.31. The average Bonchev–Trinajstić information content (AvgIpc) is 2.89. The van der Waals surface area contributed by atoms with E-state index in [1.54, 1.807) is 0 Å². The summed E-state index contributed by atoms with van der Waals surface area (Å²) in [5.41, 5.74) is 0. The van der Waals surface area contributed by atoms with E-state index in [1.165, 1.54) is 64.2 Å². The molecule has 1 aliphatic rings. The van der Waals surface area contributed by atoms with Gasteiger partial charge < -0.3 is 9.47 Å². The molecule has 4 heteroatoms. The van der Waals surface area contributed by atoms with Gasteiger partial charge in [0, 0.05) is 0 Å². The SMILES string of the molecule is CC(C)CCC(C)CCCCCCOC(=O)C1CCC(C(=O)OCCCCCCC(C)CCC(C)C)CC1. The average molecular weight is 537 g/mol. The summed E-state index contributed by atoms with van der Waals surface area (Å²) in [5.74, 6) is 3.07. The Balaban J connectivity index is 2.00. The van der Waals surface area contributed by atoms with Gasteiger partial charge in [-0.1, -0.05) is 119 Å². The minimum absolute atomic E-state index is 0.0382. The molecule has 0 amide bonds. The van der Waals surface area contributed by atoms with E-state index in [0.29, 0.717) is 13.2 Å². The van der Waals surface area contributed by atoms with E-state index in [2.05, 4.69) is 41.5 Å². The fourth-order valence-electron chi connectivity index (χ4n) is 5.57. The third kappa shape index (κ3) is 18.3. The lowest BCUT2D eigenvalue weighted by atomic mass is 9.82. The zero-order valence-electron chi connectivity index (χ0n) is 26.2. The van der Waals surface area contributed by atoms with E-state index >= 15 is 0 Å². The van der Waals surface area contributed by atoms with Gasteiger partial charge in [-0.3, -0.25) is 9.59 Å². The highest BCUT2D eigenvalue weighted by molar-refractivity contribution is 5.75. The highest BCUT2D eigenvalue weighted by atomic mass is 16.5. The summed E-state index contributed by atoms with van der Waals surface area (Å²) in [4.78, 5) is 24.9. The van der Waals surface area contributed by atoms with Gasteiger partial charge in [0.05, 0.1) is 25.0 Å². The molecular formula is C34H64O4. The number of esters is 2. The van der Waals surface area contributed by atoms with Crippen LogP contribution < -0.4 is 0 Å². The molecule has 0 N–H and O–H groups in total. The van der Waals surface area contributed by atoms with E-state index in [1.807, 2.05) is 0 Å². The number of carbonyl (C=O) groups is 2. The molecule has 0 bridgehead atoms. The second-order valence-corrected chi connectivity index (χ2v) is 13.4. The van der Waals surface area contributed by atoms with Crippen LogP contribution in [0.2, 0.25) is 0 Å². The van der Waals surface area contributed by atoms with Gasteiger partial charge in [-0.2, -0.15) is 0 Å². The predicted molar refractivity (Wildman–Crippen MR) is 160 cm³/mol. The largest absolute Gasteiger partial charge is 0.465 e. The van der Waals surface area contributed by atoms with E-state index in [4.69, 9.17) is 9.47 Å². The maximum absolute atomic E-state index is 12.4. The molecule has 0 aliphatic heterocycles. The number of hydrogen-bond acceptors (Lipinski definition) is 4. The molecule has 0 radical (unpaired) electrons. The maximum Gasteiger partial charge on any atom is 0.308 e. The smallest absolute Gasteiger partial charge is 0.308 e. The Kier molecular flexibility index (Phi) is 20.0. The van der Waals surface area contributed by atoms with Crippen molar-refractivity contribution < 1.29 is 19.1 Å². The topological polar surface area (TPSA) is 52.6 Å². The molecule has 4 nitrogen and oxygen atoms in total. The number of rotatable bonds is 22. The quantitative estimate of drug-likeness (QED) is 0.102. The number of unbranched alkanes of at least 4 members (excludes halogenated alkanes) is 6. The van der Waals surface area contributed by atoms with Gasteiger partial charge in [0.25, 0.3) is 0 Å². The Hall–Kier alpha value is -1.06. The fraction of sp³-hybridized carbons (Fsp3) is 0.941. The lowest BCUT2D eigenvalue weighted by molar-refractivity contribution is -0.155. The number of ether oxygens (including phenoxy) is 2. The first-order valence-corrected chi connectivity index (χ1v) is 16.5. The van der Waals surface area contributed by atoms with E-state index < -0.39 is 0 Å². The number of hydrogen-bond donors (Lipinski definition) is 0. The lowest BCUT2D eigenvalue weighted by Gasteiger charge is -2.26. The van der Waals surface area contributed by atoms with Gasteiger partial charge in [-0.25, -0.2) is 0 Å². The van der Waals surface area contributed by atoms with E-state index in [-0.39, 0.29) is 23.8 Å². The van der Waals surface area contributed by atoms with Crippen molar-refractivity contribution in [2.75, 3.05) is 13.2 Å². The van der Waals surface area contributed by atoms with Gasteiger partial charge >= 0.3 is 11.9 Å². The Labute approximate surface area is 236 Å². The molecule has 2 unspecified atom stereocenters. The summed E-state index contributed by atoms with van der Waals surface area (Å²) < 4.78 is 11.1. The molecule has 1 rings (SSSR count). The Bertz CT molecular complexity index is 539. The lowest BCUT2D eigenvalue weighted by Crippen LogP contribution is -2.28. The van der Waals surface area contributed by atoms with Crippen LogP contribution in [0.5, 0.6) is 0 Å². The molecule has 1 saturated carbocycles. The van der Waals surface area contributed by atoms with Crippen LogP contribution >= 0.6 is 0 Å². The molecule has 224 valence electrons. The van der Waals surface area contributed by atoms with Crippen LogP contribution in [0.4, 0.5) is 0 Å². The van der Waals surface area contributed by atoms with E-state index in [0.717, 1.165) is 75.0 Å². The molecule has 0 aromatic rings. The van der Waals surface area contributed by atoms with Crippen LogP contribution in [0.1, 0.15) is 157 Å². The predicted octanol–water partition coefficient (Wildman–Crippen LogP) is 9.92. The molecule has 2 atom stereocenters. The summed E-state index contributed by atoms with van der Waals surface area (Å²) in [6, 6.07) is 0. The van der Waals surface area contributed by atoms with Crippen LogP contribution in [0, 0.1) is 35.5 Å². The van der Waals surface area contributed by atoms with Crippen molar-refractivity contribution in [3.63, 3.8) is 0 Å². The fourth-order valence-corrected chi connectivity index (χ4v) is 5.57. The van der Waals surface area contributed by atoms with Gasteiger partial charge in [0.1, 0.15) is 0 Å². The molecule has 0 saturated heterocycles. The second kappa shape index (κ2) is 21.7. The molecule has 0 aromatic heterocycles. The first kappa shape index (κ1) is 35.0. The Morgan fingerprint density at radius 3 is 1.18 bits per heavy atom. The van der Waals surface area contributed by atoms with Crippen LogP contribution in [0.3, 0.4) is 0 Å². The van der Waals surface area contributed by atoms with E-state index in [9.17, 15) is 9.59 Å². The maximum atomic E-state index is 12.4. The Morgan fingerprint density at radius 2 is 0.842 bits per heavy atom. The summed E-state index contributed by atoms with van der Waals surface area (Å²) >= 11 is 0. The molecule has 0 spiro atoms. The molecule has 38 heavy (non-hydrogen) atoms. The minimum atomic E-state index is -0.0577. The van der Waals surface area contributed by atoms with Crippen molar-refractivity contribution in [1.82, 2.24) is 0 Å². The van der Waals surface area contributed by atoms with Gasteiger partial charge in [0.2, 0.25) is 0 Å². The highest BCUT2D eigenvalue weighted by Crippen LogP contribution is 2.30. The summed E-state index contributed by atoms with van der Waals surface area (Å²) in [5, 5.41) is 0. The van der Waals surface area contributed by atoms with Gasteiger partial charge in [0.15, 0.2) is 0 Å². The zero-order chi connectivity index (χ0) is 28.2. The summed E-state index contributed by atoms with van der Waals surface area (Å²) in [6.07, 6.45) is 20.2. The molecule has 0 heterocycles. The third-order valence-electron chi connectivity index (χ3n) is 8.54. The molecular weight excluding hydrogens is 472 g/mol. The van der Waals surface area contributed by atoms with Crippen molar-refractivity contribution in [1.29, 1.82) is 0 Å². The normalized spacial score (nSPS) is 19.5. The molecule has 1 fully saturated rings. The summed E-state index contributed by atoms with van der Waals surface area (Å²) in [6.45, 7) is 15.0. The first-order valence-electron chi connectivity index (χ1n) is 16.5. The van der Waals surface area contributed by atoms with Crippen molar-refractivity contribution in [3.8, 4) is 0 Å². The second-order valence-electron chi connectivity index (χ2n) is 13.4. The van der Waals surface area contributed by atoms with Crippen LogP contribution in [-0.2, 0) is 19.1 Å². The van der Waals surface area contributed by atoms with Crippen LogP contribution in [0.15, 0.2) is 0 Å². The minimum Gasteiger partial charge on any atom is -0.465 e. The first-order chi connectivity index (χ1) is 18.2. The molecule has 1 aliphatic carbocycles. The van der Waals surface area contributed by atoms with Crippen molar-refractivity contribution in [2.45, 2.75) is 157 Å². The van der Waals surface area contributed by atoms with Crippen LogP contribution in [0.25, 0.3) is 0 Å². The Morgan fingerprint density at radius 1 is 0.500 bits per heavy atom. The number of carbonyl (C=O) groups excluding carboxylic acids is 2. The standard InChI is InChI=1S/C34H64O4/c1-27(2)17-19-29(5)15-11-7-9-13-25-37-33(35)31-21-23-32(24-22-31)34(36)38-26-14-10-8-12-16-30(6)20-18-28(3)4/h27-32H,7-26H2,1-6H3. The van der Waals surface area contributed by atoms with Crippen molar-refractivity contribution >= 4 is 11.9 Å². The van der Waals surface area contributed by atoms with Gasteiger partial charge in [-0.05, 0) is 62.2 Å². The molecule has 0 aromatic carbocycles. The van der Waals surface area contributed by atoms with Crippen LogP contribution in [-0.4, -0.2) is 25.2 Å².